The highest BCUT2D eigenvalue weighted by molar-refractivity contribution is 5.56. The molecule has 0 saturated heterocycles. The van der Waals surface area contributed by atoms with Crippen molar-refractivity contribution >= 4 is 5.69 Å². The zero-order valence-electron chi connectivity index (χ0n) is 12.7. The number of halogens is 1. The maximum absolute atomic E-state index is 12.9. The maximum Gasteiger partial charge on any atom is 0.276 e. The van der Waals surface area contributed by atoms with E-state index in [0.717, 1.165) is 0 Å². The largest absolute Gasteiger partial charge is 0.483 e. The molecule has 0 saturated carbocycles. The van der Waals surface area contributed by atoms with Crippen molar-refractivity contribution in [3.63, 3.8) is 0 Å². The number of nitrogens with zero attached hydrogens (tertiary/aromatic N) is 2. The minimum atomic E-state index is -0.458. The Morgan fingerprint density at radius 2 is 2.00 bits per heavy atom. The van der Waals surface area contributed by atoms with Crippen LogP contribution in [0, 0.1) is 22.9 Å². The van der Waals surface area contributed by atoms with Gasteiger partial charge in [-0.1, -0.05) is 6.07 Å². The zero-order chi connectivity index (χ0) is 17.1. The summed E-state index contributed by atoms with van der Waals surface area (Å²) in [5, 5.41) is 10.9. The molecule has 0 amide bonds. The number of aromatic nitrogens is 1. The average Bonchev–Trinajstić information content (AvgIpc) is 3.03. The second-order valence-corrected chi connectivity index (χ2v) is 5.07. The molecule has 0 aliphatic carbocycles. The van der Waals surface area contributed by atoms with Gasteiger partial charge in [0.15, 0.2) is 12.4 Å². The van der Waals surface area contributed by atoms with Crippen LogP contribution in [0.3, 0.4) is 0 Å². The van der Waals surface area contributed by atoms with Gasteiger partial charge in [0.1, 0.15) is 11.6 Å². The van der Waals surface area contributed by atoms with Crippen molar-refractivity contribution in [3.8, 4) is 17.1 Å². The van der Waals surface area contributed by atoms with Gasteiger partial charge in [0, 0.05) is 11.6 Å². The van der Waals surface area contributed by atoms with Gasteiger partial charge in [0.25, 0.3) is 5.69 Å². The van der Waals surface area contributed by atoms with E-state index in [0.29, 0.717) is 28.5 Å². The molecule has 0 bridgehead atoms. The van der Waals surface area contributed by atoms with E-state index >= 15 is 0 Å². The van der Waals surface area contributed by atoms with Gasteiger partial charge in [-0.05, 0) is 37.3 Å². The van der Waals surface area contributed by atoms with Gasteiger partial charge < -0.3 is 9.15 Å². The molecule has 3 aromatic rings. The molecule has 2 aromatic carbocycles. The molecule has 1 aromatic heterocycles. The third kappa shape index (κ3) is 3.24. The Kier molecular flexibility index (Phi) is 4.24. The highest BCUT2D eigenvalue weighted by Gasteiger charge is 2.15. The number of oxazole rings is 1. The van der Waals surface area contributed by atoms with Crippen LogP contribution in [0.25, 0.3) is 11.3 Å². The Balaban J connectivity index is 1.73. The summed E-state index contributed by atoms with van der Waals surface area (Å²) in [7, 11) is 0. The molecule has 6 nitrogen and oxygen atoms in total. The molecule has 1 heterocycles. The average molecular weight is 328 g/mol. The Morgan fingerprint density at radius 3 is 2.71 bits per heavy atom. The normalized spacial score (nSPS) is 10.6. The molecule has 0 N–H and O–H groups in total. The molecular formula is C17H13FN2O4. The van der Waals surface area contributed by atoms with Crippen molar-refractivity contribution in [1.82, 2.24) is 4.98 Å². The second-order valence-electron chi connectivity index (χ2n) is 5.07. The molecule has 0 atom stereocenters. The number of hydrogen-bond donors (Lipinski definition) is 0. The van der Waals surface area contributed by atoms with Gasteiger partial charge in [-0.25, -0.2) is 9.37 Å². The van der Waals surface area contributed by atoms with Crippen LogP contribution >= 0.6 is 0 Å². The van der Waals surface area contributed by atoms with Crippen molar-refractivity contribution in [2.75, 3.05) is 0 Å². The number of nitro groups is 1. The molecule has 0 radical (unpaired) electrons. The summed E-state index contributed by atoms with van der Waals surface area (Å²) in [4.78, 5) is 14.6. The van der Waals surface area contributed by atoms with Crippen molar-refractivity contribution in [1.29, 1.82) is 0 Å². The smallest absolute Gasteiger partial charge is 0.276 e. The summed E-state index contributed by atoms with van der Waals surface area (Å²) in [5.74, 6) is 0.873. The lowest BCUT2D eigenvalue weighted by Crippen LogP contribution is -1.99. The predicted octanol–water partition coefficient (Wildman–Crippen LogP) is 4.28. The first-order valence-electron chi connectivity index (χ1n) is 7.12. The van der Waals surface area contributed by atoms with Crippen LogP contribution in [0.5, 0.6) is 5.75 Å². The number of nitro benzene ring substituents is 1. The number of hydrogen-bond acceptors (Lipinski definition) is 5. The highest BCUT2D eigenvalue weighted by Crippen LogP contribution is 2.28. The summed E-state index contributed by atoms with van der Waals surface area (Å²) in [6.45, 7) is 1.65. The quantitative estimate of drug-likeness (QED) is 0.516. The maximum atomic E-state index is 12.9. The number of benzene rings is 2. The molecule has 122 valence electrons. The van der Waals surface area contributed by atoms with Crippen LogP contribution in [-0.2, 0) is 6.61 Å². The van der Waals surface area contributed by atoms with Crippen LogP contribution in [0.2, 0.25) is 0 Å². The van der Waals surface area contributed by atoms with Gasteiger partial charge in [-0.15, -0.1) is 0 Å². The first kappa shape index (κ1) is 15.7. The Labute approximate surface area is 136 Å². The topological polar surface area (TPSA) is 78.4 Å². The Hall–Kier alpha value is -3.22. The van der Waals surface area contributed by atoms with E-state index in [-0.39, 0.29) is 18.1 Å². The van der Waals surface area contributed by atoms with Gasteiger partial charge in [0.05, 0.1) is 16.7 Å². The number of ether oxygens (including phenoxy) is 1. The van der Waals surface area contributed by atoms with Crippen LogP contribution < -0.4 is 4.74 Å². The lowest BCUT2D eigenvalue weighted by Gasteiger charge is -2.07. The minimum absolute atomic E-state index is 0.00750. The van der Waals surface area contributed by atoms with Gasteiger partial charge in [0.2, 0.25) is 5.89 Å². The molecule has 0 aliphatic rings. The van der Waals surface area contributed by atoms with Crippen LogP contribution in [0.1, 0.15) is 11.5 Å². The van der Waals surface area contributed by atoms with Crippen LogP contribution in [0.4, 0.5) is 10.1 Å². The molecule has 24 heavy (non-hydrogen) atoms. The number of rotatable bonds is 5. The first-order chi connectivity index (χ1) is 11.5. The van der Waals surface area contributed by atoms with E-state index in [9.17, 15) is 14.5 Å². The molecule has 3 rings (SSSR count). The third-order valence-electron chi connectivity index (χ3n) is 3.49. The summed E-state index contributed by atoms with van der Waals surface area (Å²) in [5.41, 5.74) is 1.13. The van der Waals surface area contributed by atoms with Gasteiger partial charge in [-0.3, -0.25) is 10.1 Å². The van der Waals surface area contributed by atoms with Crippen molar-refractivity contribution in [2.45, 2.75) is 13.5 Å². The molecule has 0 aliphatic heterocycles. The van der Waals surface area contributed by atoms with Gasteiger partial charge >= 0.3 is 0 Å². The Morgan fingerprint density at radius 1 is 1.25 bits per heavy atom. The molecular weight excluding hydrogens is 315 g/mol. The fourth-order valence-corrected chi connectivity index (χ4v) is 2.22. The fourth-order valence-electron chi connectivity index (χ4n) is 2.22. The van der Waals surface area contributed by atoms with Crippen LogP contribution in [-0.4, -0.2) is 9.91 Å². The van der Waals surface area contributed by atoms with E-state index < -0.39 is 4.92 Å². The van der Waals surface area contributed by atoms with E-state index in [1.54, 1.807) is 31.2 Å². The van der Waals surface area contributed by atoms with E-state index in [1.807, 2.05) is 0 Å². The fraction of sp³-hybridized carbons (Fsp3) is 0.118. The van der Waals surface area contributed by atoms with E-state index in [4.69, 9.17) is 9.15 Å². The predicted molar refractivity (Wildman–Crippen MR) is 84.1 cm³/mol. The van der Waals surface area contributed by atoms with Crippen molar-refractivity contribution in [3.05, 3.63) is 76.0 Å². The minimum Gasteiger partial charge on any atom is -0.483 e. The van der Waals surface area contributed by atoms with E-state index in [2.05, 4.69) is 4.98 Å². The summed E-state index contributed by atoms with van der Waals surface area (Å²) < 4.78 is 24.0. The standard InChI is InChI=1S/C17H13FN2O4/c1-11-14(20(21)22)3-2-4-15(11)23-10-17-19-9-16(24-17)12-5-7-13(18)8-6-12/h2-9H,10H2,1H3. The van der Waals surface area contributed by atoms with Crippen molar-refractivity contribution < 1.29 is 18.5 Å². The molecule has 7 heteroatoms. The summed E-state index contributed by atoms with van der Waals surface area (Å²) in [6.07, 6.45) is 1.52. The third-order valence-corrected chi connectivity index (χ3v) is 3.49. The summed E-state index contributed by atoms with van der Waals surface area (Å²) in [6, 6.07) is 10.5. The van der Waals surface area contributed by atoms with E-state index in [1.165, 1.54) is 24.4 Å². The van der Waals surface area contributed by atoms with Crippen molar-refractivity contribution in [2.24, 2.45) is 0 Å². The first-order valence-corrected chi connectivity index (χ1v) is 7.12. The molecule has 0 unspecified atom stereocenters. The lowest BCUT2D eigenvalue weighted by atomic mass is 10.2. The van der Waals surface area contributed by atoms with Gasteiger partial charge in [-0.2, -0.15) is 0 Å². The zero-order valence-corrected chi connectivity index (χ0v) is 12.7. The lowest BCUT2D eigenvalue weighted by molar-refractivity contribution is -0.385. The Bertz CT molecular complexity index is 875. The SMILES string of the molecule is Cc1c(OCc2ncc(-c3ccc(F)cc3)o2)cccc1[N+](=O)[O-]. The highest BCUT2D eigenvalue weighted by atomic mass is 19.1. The van der Waals surface area contributed by atoms with Crippen LogP contribution in [0.15, 0.2) is 53.1 Å². The second kappa shape index (κ2) is 6.49. The molecule has 0 spiro atoms. The summed E-state index contributed by atoms with van der Waals surface area (Å²) >= 11 is 0. The molecule has 0 fully saturated rings. The monoisotopic (exact) mass is 328 g/mol.